The molecule has 1 aliphatic rings. The summed E-state index contributed by atoms with van der Waals surface area (Å²) in [5.41, 5.74) is 1.96. The van der Waals surface area contributed by atoms with E-state index in [9.17, 15) is 4.79 Å². The van der Waals surface area contributed by atoms with Gasteiger partial charge in [-0.1, -0.05) is 6.07 Å². The Bertz CT molecular complexity index is 891. The molecule has 0 saturated carbocycles. The molecule has 0 bridgehead atoms. The maximum Gasteiger partial charge on any atom is 0.224 e. The van der Waals surface area contributed by atoms with Crippen molar-refractivity contribution in [2.24, 2.45) is 0 Å². The van der Waals surface area contributed by atoms with Crippen LogP contribution in [0.25, 0.3) is 10.6 Å². The molecule has 0 N–H and O–H groups in total. The highest BCUT2D eigenvalue weighted by molar-refractivity contribution is 7.13. The van der Waals surface area contributed by atoms with Gasteiger partial charge in [0.15, 0.2) is 0 Å². The summed E-state index contributed by atoms with van der Waals surface area (Å²) in [4.78, 5) is 29.3. The van der Waals surface area contributed by atoms with Crippen LogP contribution in [0.1, 0.15) is 36.7 Å². The first-order valence-electron chi connectivity index (χ1n) is 9.32. The summed E-state index contributed by atoms with van der Waals surface area (Å²) in [6, 6.07) is 6.16. The largest absolute Gasteiger partial charge is 0.342 e. The average Bonchev–Trinajstić information content (AvgIpc) is 3.39. The van der Waals surface area contributed by atoms with Gasteiger partial charge < -0.3 is 9.47 Å². The summed E-state index contributed by atoms with van der Waals surface area (Å²) in [5.74, 6) is 1.26. The van der Waals surface area contributed by atoms with Gasteiger partial charge in [-0.3, -0.25) is 4.79 Å². The molecule has 1 saturated heterocycles. The van der Waals surface area contributed by atoms with Gasteiger partial charge in [-0.25, -0.2) is 15.0 Å². The van der Waals surface area contributed by atoms with Crippen LogP contribution in [0.2, 0.25) is 0 Å². The molecule has 1 aliphatic heterocycles. The van der Waals surface area contributed by atoms with Crippen LogP contribution in [0, 0.1) is 6.92 Å². The fourth-order valence-corrected chi connectivity index (χ4v) is 4.23. The Hall–Kier alpha value is -2.54. The molecule has 0 spiro atoms. The molecule has 3 aromatic heterocycles. The molecule has 6 nitrogen and oxygen atoms in total. The minimum atomic E-state index is 0.194. The van der Waals surface area contributed by atoms with Gasteiger partial charge in [0.05, 0.1) is 16.9 Å². The molecule has 0 aliphatic carbocycles. The lowest BCUT2D eigenvalue weighted by atomic mass is 9.96. The Morgan fingerprint density at radius 2 is 2.30 bits per heavy atom. The minimum absolute atomic E-state index is 0.194. The molecule has 0 unspecified atom stereocenters. The lowest BCUT2D eigenvalue weighted by Crippen LogP contribution is -2.39. The Morgan fingerprint density at radius 3 is 3.07 bits per heavy atom. The van der Waals surface area contributed by atoms with Crippen molar-refractivity contribution in [2.75, 3.05) is 13.1 Å². The molecule has 0 aromatic carbocycles. The molecule has 1 amide bonds. The number of likely N-dealkylation sites (tertiary alicyclic amines) is 1. The molecule has 140 valence electrons. The standard InChI is InChI=1S/C20H23N5OS/c1-15-12-17(18-5-3-11-27-18)23-20(22-15)16-4-2-8-25(13-16)19(26)6-9-24-10-7-21-14-24/h3,5,7,10-12,14,16H,2,4,6,8-9,13H2,1H3/t16-/m1/s1. The molecule has 4 heterocycles. The fraction of sp³-hybridized carbons (Fsp3) is 0.400. The molecule has 0 radical (unpaired) electrons. The second-order valence-corrected chi connectivity index (χ2v) is 7.91. The molecule has 4 rings (SSSR count). The van der Waals surface area contributed by atoms with Crippen molar-refractivity contribution in [3.8, 4) is 10.6 Å². The number of amides is 1. The van der Waals surface area contributed by atoms with Crippen LogP contribution in [0.4, 0.5) is 0 Å². The molecule has 27 heavy (non-hydrogen) atoms. The number of imidazole rings is 1. The SMILES string of the molecule is Cc1cc(-c2cccs2)nc([C@@H]2CCCN(C(=O)CCn3ccnc3)C2)n1. The second kappa shape index (κ2) is 8.00. The van der Waals surface area contributed by atoms with Gasteiger partial charge in [0.1, 0.15) is 5.82 Å². The quantitative estimate of drug-likeness (QED) is 0.678. The first-order chi connectivity index (χ1) is 13.2. The summed E-state index contributed by atoms with van der Waals surface area (Å²) in [7, 11) is 0. The number of thiophene rings is 1. The number of carbonyl (C=O) groups is 1. The van der Waals surface area contributed by atoms with Crippen molar-refractivity contribution in [2.45, 2.75) is 38.6 Å². The highest BCUT2D eigenvalue weighted by Gasteiger charge is 2.27. The van der Waals surface area contributed by atoms with Gasteiger partial charge in [-0.15, -0.1) is 11.3 Å². The lowest BCUT2D eigenvalue weighted by Gasteiger charge is -2.32. The van der Waals surface area contributed by atoms with E-state index < -0.39 is 0 Å². The Balaban J connectivity index is 1.45. The zero-order valence-corrected chi connectivity index (χ0v) is 16.2. The van der Waals surface area contributed by atoms with E-state index in [1.54, 1.807) is 23.9 Å². The highest BCUT2D eigenvalue weighted by atomic mass is 32.1. The van der Waals surface area contributed by atoms with Crippen molar-refractivity contribution >= 4 is 17.2 Å². The second-order valence-electron chi connectivity index (χ2n) is 6.96. The highest BCUT2D eigenvalue weighted by Crippen LogP contribution is 2.29. The summed E-state index contributed by atoms with van der Waals surface area (Å²) in [6.07, 6.45) is 7.89. The van der Waals surface area contributed by atoms with Crippen LogP contribution in [0.5, 0.6) is 0 Å². The van der Waals surface area contributed by atoms with E-state index in [0.29, 0.717) is 19.5 Å². The maximum absolute atomic E-state index is 12.6. The normalized spacial score (nSPS) is 17.2. The van der Waals surface area contributed by atoms with E-state index in [1.807, 2.05) is 34.7 Å². The van der Waals surface area contributed by atoms with E-state index in [-0.39, 0.29) is 11.8 Å². The van der Waals surface area contributed by atoms with Crippen LogP contribution in [0.15, 0.2) is 42.3 Å². The smallest absolute Gasteiger partial charge is 0.224 e. The number of hydrogen-bond donors (Lipinski definition) is 0. The first-order valence-corrected chi connectivity index (χ1v) is 10.2. The van der Waals surface area contributed by atoms with Gasteiger partial charge in [0.2, 0.25) is 5.91 Å². The number of aromatic nitrogens is 4. The minimum Gasteiger partial charge on any atom is -0.342 e. The van der Waals surface area contributed by atoms with E-state index in [2.05, 4.69) is 16.4 Å². The van der Waals surface area contributed by atoms with Gasteiger partial charge in [-0.2, -0.15) is 0 Å². The van der Waals surface area contributed by atoms with Crippen molar-refractivity contribution in [3.63, 3.8) is 0 Å². The Labute approximate surface area is 162 Å². The number of aryl methyl sites for hydroxylation is 2. The summed E-state index contributed by atoms with van der Waals surface area (Å²) < 4.78 is 1.94. The van der Waals surface area contributed by atoms with Crippen LogP contribution < -0.4 is 0 Å². The fourth-order valence-electron chi connectivity index (χ4n) is 3.54. The predicted octanol–water partition coefficient (Wildman–Crippen LogP) is 3.51. The third-order valence-electron chi connectivity index (χ3n) is 4.93. The topological polar surface area (TPSA) is 63.9 Å². The number of piperidine rings is 1. The molecule has 1 fully saturated rings. The average molecular weight is 382 g/mol. The predicted molar refractivity (Wildman–Crippen MR) is 105 cm³/mol. The van der Waals surface area contributed by atoms with Gasteiger partial charge >= 0.3 is 0 Å². The number of hydrogen-bond acceptors (Lipinski definition) is 5. The zero-order chi connectivity index (χ0) is 18.6. The summed E-state index contributed by atoms with van der Waals surface area (Å²) in [5, 5.41) is 2.06. The molecule has 7 heteroatoms. The van der Waals surface area contributed by atoms with Gasteiger partial charge in [0, 0.05) is 50.1 Å². The van der Waals surface area contributed by atoms with E-state index in [0.717, 1.165) is 41.5 Å². The van der Waals surface area contributed by atoms with Gasteiger partial charge in [0.25, 0.3) is 0 Å². The van der Waals surface area contributed by atoms with Crippen molar-refractivity contribution in [1.82, 2.24) is 24.4 Å². The number of nitrogens with zero attached hydrogens (tertiary/aromatic N) is 5. The molecular formula is C20H23N5OS. The molecular weight excluding hydrogens is 358 g/mol. The van der Waals surface area contributed by atoms with Crippen molar-refractivity contribution in [1.29, 1.82) is 0 Å². The number of rotatable bonds is 5. The van der Waals surface area contributed by atoms with Crippen LogP contribution >= 0.6 is 11.3 Å². The van der Waals surface area contributed by atoms with Crippen LogP contribution in [-0.4, -0.2) is 43.4 Å². The van der Waals surface area contributed by atoms with E-state index in [4.69, 9.17) is 9.97 Å². The first kappa shape index (κ1) is 17.9. The maximum atomic E-state index is 12.6. The Morgan fingerprint density at radius 1 is 1.37 bits per heavy atom. The van der Waals surface area contributed by atoms with E-state index >= 15 is 0 Å². The van der Waals surface area contributed by atoms with E-state index in [1.165, 1.54) is 0 Å². The van der Waals surface area contributed by atoms with Crippen LogP contribution in [0.3, 0.4) is 0 Å². The number of carbonyl (C=O) groups excluding carboxylic acids is 1. The van der Waals surface area contributed by atoms with Gasteiger partial charge in [-0.05, 0) is 37.3 Å². The van der Waals surface area contributed by atoms with Crippen molar-refractivity contribution in [3.05, 3.63) is 53.8 Å². The van der Waals surface area contributed by atoms with Crippen LogP contribution in [-0.2, 0) is 11.3 Å². The Kier molecular flexibility index (Phi) is 5.29. The summed E-state index contributed by atoms with van der Waals surface area (Å²) in [6.45, 7) is 4.21. The molecule has 1 atom stereocenters. The molecule has 3 aromatic rings. The lowest BCUT2D eigenvalue weighted by molar-refractivity contribution is -0.132. The third kappa shape index (κ3) is 4.24. The van der Waals surface area contributed by atoms with Crippen molar-refractivity contribution < 1.29 is 4.79 Å². The zero-order valence-electron chi connectivity index (χ0n) is 15.4. The summed E-state index contributed by atoms with van der Waals surface area (Å²) >= 11 is 1.69. The monoisotopic (exact) mass is 381 g/mol. The third-order valence-corrected chi connectivity index (χ3v) is 5.82.